The van der Waals surface area contributed by atoms with E-state index in [1.54, 1.807) is 6.07 Å². The Labute approximate surface area is 119 Å². The van der Waals surface area contributed by atoms with E-state index in [0.717, 1.165) is 26.2 Å². The molecule has 0 amide bonds. The molecule has 0 aromatic heterocycles. The van der Waals surface area contributed by atoms with E-state index in [1.165, 1.54) is 6.07 Å². The van der Waals surface area contributed by atoms with Crippen LogP contribution in [0.5, 0.6) is 5.75 Å². The molecule has 0 radical (unpaired) electrons. The fourth-order valence-electron chi connectivity index (χ4n) is 2.97. The Bertz CT molecular complexity index is 479. The van der Waals surface area contributed by atoms with Crippen LogP contribution in [0.15, 0.2) is 12.1 Å². The van der Waals surface area contributed by atoms with Gasteiger partial charge in [0, 0.05) is 37.8 Å². The number of nitrogen functional groups attached to an aromatic ring is 1. The number of anilines is 1. The van der Waals surface area contributed by atoms with E-state index in [4.69, 9.17) is 5.73 Å². The molecule has 0 saturated carbocycles. The summed E-state index contributed by atoms with van der Waals surface area (Å²) in [7, 11) is 0. The van der Waals surface area contributed by atoms with E-state index >= 15 is 0 Å². The number of phenols is 1. The minimum absolute atomic E-state index is 0.00694. The van der Waals surface area contributed by atoms with Crippen LogP contribution in [-0.4, -0.2) is 36.2 Å². The third-order valence-electron chi connectivity index (χ3n) is 3.83. The van der Waals surface area contributed by atoms with Crippen LogP contribution in [-0.2, 0) is 0 Å². The maximum Gasteiger partial charge on any atom is 0.149 e. The SMILES string of the molecule is CC(C)(C)[C@H](c1ccc(F)c(N)c1O)N1CCNCC1. The first-order valence-electron chi connectivity index (χ1n) is 7.04. The average molecular weight is 281 g/mol. The Morgan fingerprint density at radius 1 is 1.30 bits per heavy atom. The van der Waals surface area contributed by atoms with E-state index < -0.39 is 5.82 Å². The molecule has 2 rings (SSSR count). The molecule has 112 valence electrons. The van der Waals surface area contributed by atoms with E-state index in [1.807, 2.05) is 0 Å². The van der Waals surface area contributed by atoms with Gasteiger partial charge in [0.05, 0.1) is 0 Å². The van der Waals surface area contributed by atoms with Gasteiger partial charge in [-0.1, -0.05) is 26.8 Å². The minimum atomic E-state index is -0.570. The molecule has 1 fully saturated rings. The molecule has 20 heavy (non-hydrogen) atoms. The third kappa shape index (κ3) is 2.88. The van der Waals surface area contributed by atoms with Gasteiger partial charge in [0.2, 0.25) is 0 Å². The number of hydrogen-bond acceptors (Lipinski definition) is 4. The minimum Gasteiger partial charge on any atom is -0.505 e. The lowest BCUT2D eigenvalue weighted by Crippen LogP contribution is -2.48. The lowest BCUT2D eigenvalue weighted by Gasteiger charge is -2.42. The molecule has 1 atom stereocenters. The van der Waals surface area contributed by atoms with Crippen LogP contribution < -0.4 is 11.1 Å². The topological polar surface area (TPSA) is 61.5 Å². The highest BCUT2D eigenvalue weighted by Crippen LogP contribution is 2.43. The van der Waals surface area contributed by atoms with Crippen LogP contribution >= 0.6 is 0 Å². The first-order chi connectivity index (χ1) is 9.32. The zero-order chi connectivity index (χ0) is 14.9. The number of nitrogens with one attached hydrogen (secondary N) is 1. The molecule has 1 aliphatic heterocycles. The number of aromatic hydroxyl groups is 1. The number of nitrogens with zero attached hydrogens (tertiary/aromatic N) is 1. The lowest BCUT2D eigenvalue weighted by atomic mass is 9.80. The second-order valence-electron chi connectivity index (χ2n) is 6.45. The maximum absolute atomic E-state index is 13.5. The largest absolute Gasteiger partial charge is 0.505 e. The molecular formula is C15H24FN3O. The molecule has 0 aliphatic carbocycles. The number of benzene rings is 1. The second-order valence-corrected chi connectivity index (χ2v) is 6.45. The smallest absolute Gasteiger partial charge is 0.149 e. The first kappa shape index (κ1) is 15.1. The monoisotopic (exact) mass is 281 g/mol. The summed E-state index contributed by atoms with van der Waals surface area (Å²) >= 11 is 0. The molecule has 1 heterocycles. The van der Waals surface area contributed by atoms with Crippen molar-refractivity contribution in [1.29, 1.82) is 0 Å². The summed E-state index contributed by atoms with van der Waals surface area (Å²) in [6.45, 7) is 10.0. The van der Waals surface area contributed by atoms with Gasteiger partial charge in [0.25, 0.3) is 0 Å². The molecule has 4 N–H and O–H groups in total. The van der Waals surface area contributed by atoms with Crippen LogP contribution in [0.2, 0.25) is 0 Å². The standard InChI is InChI=1S/C15H24FN3O/c1-15(2,3)14(19-8-6-18-7-9-19)10-4-5-11(16)12(17)13(10)20/h4-5,14,18,20H,6-9,17H2,1-3H3/t14-/m0/s1. The van der Waals surface area contributed by atoms with Gasteiger partial charge in [0.1, 0.15) is 17.3 Å². The number of rotatable bonds is 2. The summed E-state index contributed by atoms with van der Waals surface area (Å²) in [5.41, 5.74) is 6.10. The number of halogens is 1. The third-order valence-corrected chi connectivity index (χ3v) is 3.83. The molecule has 1 aromatic carbocycles. The van der Waals surface area contributed by atoms with Crippen molar-refractivity contribution in [3.8, 4) is 5.75 Å². The Balaban J connectivity index is 2.44. The van der Waals surface area contributed by atoms with Crippen molar-refractivity contribution in [3.63, 3.8) is 0 Å². The zero-order valence-electron chi connectivity index (χ0n) is 12.4. The molecular weight excluding hydrogens is 257 g/mol. The Kier molecular flexibility index (Phi) is 4.20. The van der Waals surface area contributed by atoms with Crippen molar-refractivity contribution in [2.24, 2.45) is 5.41 Å². The summed E-state index contributed by atoms with van der Waals surface area (Å²) in [6.07, 6.45) is 0. The fraction of sp³-hybridized carbons (Fsp3) is 0.600. The van der Waals surface area contributed by atoms with E-state index in [9.17, 15) is 9.50 Å². The summed E-state index contributed by atoms with van der Waals surface area (Å²) in [5, 5.41) is 13.6. The van der Waals surface area contributed by atoms with Crippen molar-refractivity contribution in [2.75, 3.05) is 31.9 Å². The van der Waals surface area contributed by atoms with Crippen molar-refractivity contribution in [3.05, 3.63) is 23.5 Å². The first-order valence-corrected chi connectivity index (χ1v) is 7.04. The van der Waals surface area contributed by atoms with Gasteiger partial charge in [-0.2, -0.15) is 0 Å². The van der Waals surface area contributed by atoms with Crippen LogP contribution in [0, 0.1) is 11.2 Å². The summed E-state index contributed by atoms with van der Waals surface area (Å²) in [6, 6.07) is 3.00. The van der Waals surface area contributed by atoms with Gasteiger partial charge < -0.3 is 16.2 Å². The molecule has 1 aromatic rings. The quantitative estimate of drug-likeness (QED) is 0.574. The van der Waals surface area contributed by atoms with E-state index in [2.05, 4.69) is 31.0 Å². The van der Waals surface area contributed by atoms with Crippen LogP contribution in [0.3, 0.4) is 0 Å². The van der Waals surface area contributed by atoms with Gasteiger partial charge in [-0.25, -0.2) is 4.39 Å². The summed E-state index contributed by atoms with van der Waals surface area (Å²) < 4.78 is 13.5. The molecule has 1 saturated heterocycles. The summed E-state index contributed by atoms with van der Waals surface area (Å²) in [4.78, 5) is 2.32. The van der Waals surface area contributed by atoms with Gasteiger partial charge >= 0.3 is 0 Å². The maximum atomic E-state index is 13.5. The predicted octanol–water partition coefficient (Wildman–Crippen LogP) is 2.11. The molecule has 0 spiro atoms. The number of piperazine rings is 1. The number of nitrogens with two attached hydrogens (primary N) is 1. The van der Waals surface area contributed by atoms with E-state index in [0.29, 0.717) is 5.56 Å². The predicted molar refractivity (Wildman–Crippen MR) is 79.1 cm³/mol. The van der Waals surface area contributed by atoms with Gasteiger partial charge in [-0.05, 0) is 11.5 Å². The summed E-state index contributed by atoms with van der Waals surface area (Å²) in [5.74, 6) is -0.692. The zero-order valence-corrected chi connectivity index (χ0v) is 12.4. The Morgan fingerprint density at radius 2 is 1.90 bits per heavy atom. The van der Waals surface area contributed by atoms with E-state index in [-0.39, 0.29) is 22.9 Å². The highest BCUT2D eigenvalue weighted by Gasteiger charge is 2.34. The Hall–Kier alpha value is -1.33. The van der Waals surface area contributed by atoms with Crippen LogP contribution in [0.25, 0.3) is 0 Å². The lowest BCUT2D eigenvalue weighted by molar-refractivity contribution is 0.0842. The highest BCUT2D eigenvalue weighted by molar-refractivity contribution is 5.58. The molecule has 0 bridgehead atoms. The Morgan fingerprint density at radius 3 is 2.45 bits per heavy atom. The van der Waals surface area contributed by atoms with Crippen molar-refractivity contribution in [2.45, 2.75) is 26.8 Å². The number of phenolic OH excluding ortho intramolecular Hbond substituents is 1. The van der Waals surface area contributed by atoms with Crippen molar-refractivity contribution in [1.82, 2.24) is 10.2 Å². The normalized spacial score (nSPS) is 19.0. The molecule has 0 unspecified atom stereocenters. The number of hydrogen-bond donors (Lipinski definition) is 3. The van der Waals surface area contributed by atoms with Crippen LogP contribution in [0.4, 0.5) is 10.1 Å². The van der Waals surface area contributed by atoms with Crippen molar-refractivity contribution >= 4 is 5.69 Å². The molecule has 5 heteroatoms. The average Bonchev–Trinajstić information content (AvgIpc) is 2.39. The van der Waals surface area contributed by atoms with Gasteiger partial charge in [0.15, 0.2) is 0 Å². The van der Waals surface area contributed by atoms with Crippen LogP contribution in [0.1, 0.15) is 32.4 Å². The molecule has 4 nitrogen and oxygen atoms in total. The highest BCUT2D eigenvalue weighted by atomic mass is 19.1. The second kappa shape index (κ2) is 5.58. The fourth-order valence-corrected chi connectivity index (χ4v) is 2.97. The molecule has 1 aliphatic rings. The van der Waals surface area contributed by atoms with Crippen molar-refractivity contribution < 1.29 is 9.50 Å². The van der Waals surface area contributed by atoms with Gasteiger partial charge in [-0.15, -0.1) is 0 Å². The van der Waals surface area contributed by atoms with Gasteiger partial charge in [-0.3, -0.25) is 4.90 Å².